The Kier molecular flexibility index (Phi) is 11.0. The predicted octanol–water partition coefficient (Wildman–Crippen LogP) is 2.21. The van der Waals surface area contributed by atoms with Crippen LogP contribution in [0, 0.1) is 0 Å². The molecule has 7 heavy (non-hydrogen) atoms. The van der Waals surface area contributed by atoms with Gasteiger partial charge in [0.25, 0.3) is 0 Å². The van der Waals surface area contributed by atoms with Crippen LogP contribution in [0.15, 0.2) is 0 Å². The second kappa shape index (κ2) is 7.03. The summed E-state index contributed by atoms with van der Waals surface area (Å²) in [6, 6.07) is 0. The molecule has 0 amide bonds. The summed E-state index contributed by atoms with van der Waals surface area (Å²) < 4.78 is 11.3. The van der Waals surface area contributed by atoms with Crippen molar-refractivity contribution >= 4 is 17.0 Å². The predicted molar refractivity (Wildman–Crippen MR) is 30.1 cm³/mol. The molecule has 0 aliphatic heterocycles. The molecule has 0 nitrogen and oxygen atoms in total. The zero-order chi connectivity index (χ0) is 4.99. The Morgan fingerprint density at radius 1 is 1.71 bits per heavy atom. The third kappa shape index (κ3) is 11.0. The van der Waals surface area contributed by atoms with Crippen LogP contribution in [0.1, 0.15) is 19.8 Å². The van der Waals surface area contributed by atoms with Crippen molar-refractivity contribution in [2.45, 2.75) is 24.5 Å². The fraction of sp³-hybridized carbons (Fsp3) is 1.00. The molecule has 0 N–H and O–H groups in total. The molecule has 0 rings (SSSR count). The molecule has 0 heterocycles. The molecule has 0 aromatic carbocycles. The molecule has 1 atom stereocenters. The van der Waals surface area contributed by atoms with E-state index in [1.54, 1.807) is 0 Å². The molecule has 1 unspecified atom stereocenters. The van der Waals surface area contributed by atoms with E-state index in [4.69, 9.17) is 0 Å². The van der Waals surface area contributed by atoms with Gasteiger partial charge in [0, 0.05) is 0 Å². The van der Waals surface area contributed by atoms with Crippen LogP contribution in [0.5, 0.6) is 0 Å². The van der Waals surface area contributed by atoms with Gasteiger partial charge in [-0.15, -0.1) is 17.0 Å². The average Bonchev–Trinajstić information content (AvgIpc) is 1.35. The van der Waals surface area contributed by atoms with E-state index < -0.39 is 4.77 Å². The normalized spacial score (nSPS) is 12.6. The van der Waals surface area contributed by atoms with Crippen molar-refractivity contribution in [1.29, 1.82) is 0 Å². The van der Waals surface area contributed by atoms with E-state index in [9.17, 15) is 4.39 Å². The fourth-order valence-electron chi connectivity index (χ4n) is 0.313. The van der Waals surface area contributed by atoms with Gasteiger partial charge in [-0.3, -0.25) is 0 Å². The van der Waals surface area contributed by atoms with Crippen LogP contribution >= 0.6 is 17.0 Å². The van der Waals surface area contributed by atoms with Crippen molar-refractivity contribution in [2.24, 2.45) is 0 Å². The Morgan fingerprint density at radius 2 is 2.14 bits per heavy atom. The van der Waals surface area contributed by atoms with Crippen LogP contribution in [-0.4, -0.2) is 4.77 Å². The molecule has 0 bridgehead atoms. The minimum atomic E-state index is -0.477. The molecule has 0 aromatic rings. The first-order chi connectivity index (χ1) is 2.77. The number of hydrogen-bond donors (Lipinski definition) is 0. The summed E-state index contributed by atoms with van der Waals surface area (Å²) in [6.45, 7) is 2.00. The van der Waals surface area contributed by atoms with Gasteiger partial charge in [0.05, 0.1) is 0 Å². The van der Waals surface area contributed by atoms with E-state index in [1.165, 1.54) is 0 Å². The topological polar surface area (TPSA) is 0 Å². The molecule has 3 heteroatoms. The molecule has 0 aliphatic carbocycles. The average molecular weight is 221 g/mol. The summed E-state index contributed by atoms with van der Waals surface area (Å²) >= 11 is 0.799. The SMILES string of the molecule is Br.CCC[CH](F)[Zn]. The summed E-state index contributed by atoms with van der Waals surface area (Å²) in [5.74, 6) is 0. The van der Waals surface area contributed by atoms with Crippen molar-refractivity contribution < 1.29 is 22.7 Å². The van der Waals surface area contributed by atoms with Gasteiger partial charge >= 0.3 is 47.2 Å². The van der Waals surface area contributed by atoms with Crippen LogP contribution in [0.2, 0.25) is 0 Å². The number of halogens is 2. The molecule has 0 radical (unpaired) electrons. The molecule has 0 spiro atoms. The standard InChI is InChI=1S/C4H8F.BrH.Zn/c1-2-3-4-5;;/h4H,2-3H2,1H3;1H;. The van der Waals surface area contributed by atoms with Crippen LogP contribution in [0.4, 0.5) is 4.39 Å². The van der Waals surface area contributed by atoms with Crippen molar-refractivity contribution in [3.8, 4) is 0 Å². The van der Waals surface area contributed by atoms with Crippen LogP contribution < -0.4 is 0 Å². The Balaban J connectivity index is 0. The van der Waals surface area contributed by atoms with E-state index in [1.807, 2.05) is 6.92 Å². The third-order valence-electron chi connectivity index (χ3n) is 0.602. The summed E-state index contributed by atoms with van der Waals surface area (Å²) in [4.78, 5) is 0. The van der Waals surface area contributed by atoms with Gasteiger partial charge in [0.2, 0.25) is 0 Å². The molecular formula is C4H9BrFZn. The van der Waals surface area contributed by atoms with Crippen molar-refractivity contribution in [3.05, 3.63) is 0 Å². The molecule has 41 valence electrons. The Labute approximate surface area is 64.3 Å². The molecule has 0 saturated heterocycles. The van der Waals surface area contributed by atoms with Crippen LogP contribution in [0.25, 0.3) is 0 Å². The number of hydrogen-bond acceptors (Lipinski definition) is 0. The van der Waals surface area contributed by atoms with Gasteiger partial charge in [-0.05, 0) is 0 Å². The van der Waals surface area contributed by atoms with Gasteiger partial charge in [0.15, 0.2) is 0 Å². The van der Waals surface area contributed by atoms with Crippen molar-refractivity contribution in [1.82, 2.24) is 0 Å². The monoisotopic (exact) mass is 219 g/mol. The summed E-state index contributed by atoms with van der Waals surface area (Å²) in [6.07, 6.45) is 1.75. The first-order valence-corrected chi connectivity index (χ1v) is 3.95. The molecule has 0 fully saturated rings. The first kappa shape index (κ1) is 10.9. The van der Waals surface area contributed by atoms with Crippen molar-refractivity contribution in [3.63, 3.8) is 0 Å². The molecule has 0 aromatic heterocycles. The van der Waals surface area contributed by atoms with E-state index in [2.05, 4.69) is 0 Å². The third-order valence-corrected chi connectivity index (χ3v) is 1.46. The van der Waals surface area contributed by atoms with Crippen molar-refractivity contribution in [2.75, 3.05) is 0 Å². The summed E-state index contributed by atoms with van der Waals surface area (Å²) in [5.41, 5.74) is 0. The second-order valence-corrected chi connectivity index (χ2v) is 3.24. The van der Waals surface area contributed by atoms with Gasteiger partial charge in [-0.25, -0.2) is 0 Å². The van der Waals surface area contributed by atoms with Crippen LogP contribution in [-0.2, 0) is 18.3 Å². The maximum absolute atomic E-state index is 11.8. The molecule has 0 aliphatic rings. The summed E-state index contributed by atoms with van der Waals surface area (Å²) in [7, 11) is 0. The number of alkyl halides is 1. The van der Waals surface area contributed by atoms with Gasteiger partial charge < -0.3 is 0 Å². The van der Waals surface area contributed by atoms with Gasteiger partial charge in [-0.1, -0.05) is 0 Å². The fourth-order valence-corrected chi connectivity index (χ4v) is 1.17. The van der Waals surface area contributed by atoms with E-state index in [-0.39, 0.29) is 17.0 Å². The Hall–Kier alpha value is 1.03. The van der Waals surface area contributed by atoms with Crippen LogP contribution in [0.3, 0.4) is 0 Å². The van der Waals surface area contributed by atoms with Gasteiger partial charge in [0.1, 0.15) is 0 Å². The maximum atomic E-state index is 11.8. The quantitative estimate of drug-likeness (QED) is 0.627. The minimum absolute atomic E-state index is 0. The van der Waals surface area contributed by atoms with E-state index >= 15 is 0 Å². The van der Waals surface area contributed by atoms with E-state index in [0.29, 0.717) is 0 Å². The second-order valence-electron chi connectivity index (χ2n) is 1.39. The first-order valence-electron chi connectivity index (χ1n) is 2.24. The van der Waals surface area contributed by atoms with E-state index in [0.717, 1.165) is 31.1 Å². The summed E-state index contributed by atoms with van der Waals surface area (Å²) in [5, 5.41) is 0. The Morgan fingerprint density at radius 3 is 2.14 bits per heavy atom. The Bertz CT molecular complexity index is 32.9. The molecular weight excluding hydrogens is 212 g/mol. The molecule has 0 saturated carbocycles. The number of rotatable bonds is 2. The zero-order valence-electron chi connectivity index (χ0n) is 4.48. The van der Waals surface area contributed by atoms with Gasteiger partial charge in [-0.2, -0.15) is 0 Å². The zero-order valence-corrected chi connectivity index (χ0v) is 9.17.